The van der Waals surface area contributed by atoms with E-state index in [1.807, 2.05) is 30.4 Å². The maximum absolute atomic E-state index is 13.2. The van der Waals surface area contributed by atoms with Crippen molar-refractivity contribution in [1.29, 1.82) is 0 Å². The molecule has 0 radical (unpaired) electrons. The van der Waals surface area contributed by atoms with Crippen LogP contribution in [0.4, 0.5) is 0 Å². The molecular weight excluding hydrogens is 755 g/mol. The van der Waals surface area contributed by atoms with Crippen molar-refractivity contribution in [3.8, 4) is 0 Å². The lowest BCUT2D eigenvalue weighted by atomic mass is 10.0. The van der Waals surface area contributed by atoms with Gasteiger partial charge in [-0.3, -0.25) is 9.59 Å². The summed E-state index contributed by atoms with van der Waals surface area (Å²) in [5.74, 6) is -0.559. The van der Waals surface area contributed by atoms with Gasteiger partial charge in [-0.15, -0.1) is 0 Å². The molecule has 61 heavy (non-hydrogen) atoms. The Bertz CT molecular complexity index is 1220. The zero-order valence-electron chi connectivity index (χ0n) is 39.5. The summed E-state index contributed by atoms with van der Waals surface area (Å²) in [6.07, 6.45) is 63.2. The van der Waals surface area contributed by atoms with Crippen molar-refractivity contribution in [2.45, 2.75) is 232 Å². The number of unbranched alkanes of at least 4 members (excludes halogenated alkanes) is 18. The molecule has 6 nitrogen and oxygen atoms in total. The zero-order chi connectivity index (χ0) is 44.5. The molecule has 0 aliphatic heterocycles. The quantitative estimate of drug-likeness (QED) is 0.0246. The van der Waals surface area contributed by atoms with E-state index >= 15 is 0 Å². The number of hydrogen-bond donors (Lipinski definition) is 3. The van der Waals surface area contributed by atoms with E-state index in [2.05, 4.69) is 92.9 Å². The van der Waals surface area contributed by atoms with Crippen molar-refractivity contribution < 1.29 is 24.5 Å². The third-order valence-corrected chi connectivity index (χ3v) is 10.7. The minimum atomic E-state index is -0.808. The lowest BCUT2D eigenvalue weighted by Crippen LogP contribution is -2.46. The number of nitrogens with one attached hydrogen (secondary N) is 1. The van der Waals surface area contributed by atoms with Gasteiger partial charge in [0.1, 0.15) is 6.10 Å². The van der Waals surface area contributed by atoms with Gasteiger partial charge in [-0.2, -0.15) is 0 Å². The van der Waals surface area contributed by atoms with Crippen LogP contribution in [0.15, 0.2) is 97.2 Å². The molecule has 3 unspecified atom stereocenters. The molecular formula is C55H93NO5. The van der Waals surface area contributed by atoms with Crippen molar-refractivity contribution in [3.05, 3.63) is 97.2 Å². The number of carbonyl (C=O) groups excluding carboxylic acids is 2. The fourth-order valence-corrected chi connectivity index (χ4v) is 6.95. The third kappa shape index (κ3) is 43.2. The van der Waals surface area contributed by atoms with Crippen molar-refractivity contribution in [2.24, 2.45) is 0 Å². The minimum Gasteiger partial charge on any atom is -0.462 e. The highest BCUT2D eigenvalue weighted by atomic mass is 16.5. The standard InChI is InChI=1S/C55H93NO5/c1-4-7-10-13-16-19-22-24-25-26-27-28-29-31-33-36-39-42-45-48-55(60)61-51(46-43-40-37-34-32-30-23-20-17-14-11-8-5-2)49-54(59)56-52(50-57)53(58)47-44-41-38-35-21-18-15-12-9-6-3/h8,11,14,16-17,19-20,23-25,27-28,30-33,51-53,57-58H,4-7,9-10,12-13,15,18,21-22,26,29,34-50H2,1-3H3,(H,56,59)/b11-8+,17-14+,19-16-,23-20+,25-24-,28-27-,32-30-,33-31-. The Morgan fingerprint density at radius 1 is 0.508 bits per heavy atom. The number of esters is 1. The van der Waals surface area contributed by atoms with E-state index in [1.54, 1.807) is 0 Å². The Labute approximate surface area is 376 Å². The summed E-state index contributed by atoms with van der Waals surface area (Å²) in [6.45, 7) is 6.27. The van der Waals surface area contributed by atoms with Gasteiger partial charge in [0.15, 0.2) is 0 Å². The van der Waals surface area contributed by atoms with Crippen LogP contribution in [0.2, 0.25) is 0 Å². The summed E-state index contributed by atoms with van der Waals surface area (Å²) in [5.41, 5.74) is 0. The summed E-state index contributed by atoms with van der Waals surface area (Å²) in [5, 5.41) is 23.7. The second-order valence-electron chi connectivity index (χ2n) is 16.6. The fourth-order valence-electron chi connectivity index (χ4n) is 6.95. The summed E-state index contributed by atoms with van der Waals surface area (Å²) >= 11 is 0. The molecule has 0 spiro atoms. The van der Waals surface area contributed by atoms with E-state index in [0.29, 0.717) is 19.3 Å². The second kappa shape index (κ2) is 47.8. The Morgan fingerprint density at radius 2 is 0.951 bits per heavy atom. The maximum atomic E-state index is 13.2. The molecule has 0 rings (SSSR count). The Hall–Kier alpha value is -3.22. The number of ether oxygens (including phenoxy) is 1. The van der Waals surface area contributed by atoms with E-state index in [0.717, 1.165) is 96.3 Å². The Balaban J connectivity index is 4.70. The van der Waals surface area contributed by atoms with Gasteiger partial charge in [0.2, 0.25) is 5.91 Å². The summed E-state index contributed by atoms with van der Waals surface area (Å²) in [4.78, 5) is 26.1. The van der Waals surface area contributed by atoms with E-state index in [9.17, 15) is 19.8 Å². The van der Waals surface area contributed by atoms with Crippen molar-refractivity contribution in [3.63, 3.8) is 0 Å². The third-order valence-electron chi connectivity index (χ3n) is 10.7. The molecule has 1 amide bonds. The van der Waals surface area contributed by atoms with Gasteiger partial charge in [0.05, 0.1) is 25.2 Å². The van der Waals surface area contributed by atoms with Gasteiger partial charge in [-0.05, 0) is 89.9 Å². The molecule has 348 valence electrons. The highest BCUT2D eigenvalue weighted by Gasteiger charge is 2.24. The number of aliphatic hydroxyl groups is 2. The predicted octanol–water partition coefficient (Wildman–Crippen LogP) is 14.9. The normalized spacial score (nSPS) is 14.1. The van der Waals surface area contributed by atoms with Gasteiger partial charge in [0, 0.05) is 6.42 Å². The van der Waals surface area contributed by atoms with Crippen LogP contribution in [-0.4, -0.2) is 46.9 Å². The number of allylic oxidation sites excluding steroid dienone is 16. The number of carbonyl (C=O) groups is 2. The smallest absolute Gasteiger partial charge is 0.306 e. The van der Waals surface area contributed by atoms with E-state index in [4.69, 9.17) is 4.74 Å². The number of hydrogen-bond acceptors (Lipinski definition) is 5. The number of rotatable bonds is 43. The first kappa shape index (κ1) is 57.8. The summed E-state index contributed by atoms with van der Waals surface area (Å²) in [6, 6.07) is -0.726. The van der Waals surface area contributed by atoms with Gasteiger partial charge in [-0.1, -0.05) is 208 Å². The highest BCUT2D eigenvalue weighted by molar-refractivity contribution is 5.77. The van der Waals surface area contributed by atoms with Crippen LogP contribution >= 0.6 is 0 Å². The molecule has 0 aromatic heterocycles. The largest absolute Gasteiger partial charge is 0.462 e. The van der Waals surface area contributed by atoms with E-state index in [-0.39, 0.29) is 24.9 Å². The second-order valence-corrected chi connectivity index (χ2v) is 16.6. The lowest BCUT2D eigenvalue weighted by molar-refractivity contribution is -0.151. The Morgan fingerprint density at radius 3 is 1.52 bits per heavy atom. The van der Waals surface area contributed by atoms with Crippen molar-refractivity contribution in [2.75, 3.05) is 6.61 Å². The molecule has 0 saturated carbocycles. The van der Waals surface area contributed by atoms with Crippen LogP contribution < -0.4 is 5.32 Å². The van der Waals surface area contributed by atoms with Gasteiger partial charge in [0.25, 0.3) is 0 Å². The lowest BCUT2D eigenvalue weighted by Gasteiger charge is -2.24. The van der Waals surface area contributed by atoms with Crippen LogP contribution in [0.3, 0.4) is 0 Å². The molecule has 0 aromatic rings. The number of aliphatic hydroxyl groups excluding tert-OH is 2. The predicted molar refractivity (Wildman–Crippen MR) is 264 cm³/mol. The molecule has 0 bridgehead atoms. The van der Waals surface area contributed by atoms with Gasteiger partial charge < -0.3 is 20.3 Å². The van der Waals surface area contributed by atoms with Crippen molar-refractivity contribution in [1.82, 2.24) is 5.32 Å². The van der Waals surface area contributed by atoms with Crippen LogP contribution in [0, 0.1) is 0 Å². The topological polar surface area (TPSA) is 95.9 Å². The fraction of sp³-hybridized carbons (Fsp3) is 0.673. The minimum absolute atomic E-state index is 0.0327. The summed E-state index contributed by atoms with van der Waals surface area (Å²) < 4.78 is 5.89. The average molecular weight is 848 g/mol. The molecule has 0 heterocycles. The first-order valence-electron chi connectivity index (χ1n) is 25.0. The van der Waals surface area contributed by atoms with Gasteiger partial charge in [-0.25, -0.2) is 0 Å². The molecule has 0 saturated heterocycles. The number of amides is 1. The zero-order valence-corrected chi connectivity index (χ0v) is 39.5. The molecule has 3 N–H and O–H groups in total. The first-order valence-corrected chi connectivity index (χ1v) is 25.0. The van der Waals surface area contributed by atoms with Crippen LogP contribution in [-0.2, 0) is 14.3 Å². The van der Waals surface area contributed by atoms with E-state index < -0.39 is 18.2 Å². The maximum Gasteiger partial charge on any atom is 0.306 e. The monoisotopic (exact) mass is 848 g/mol. The summed E-state index contributed by atoms with van der Waals surface area (Å²) in [7, 11) is 0. The molecule has 0 fully saturated rings. The molecule has 0 aliphatic rings. The molecule has 0 aromatic carbocycles. The first-order chi connectivity index (χ1) is 30.0. The van der Waals surface area contributed by atoms with Gasteiger partial charge >= 0.3 is 5.97 Å². The van der Waals surface area contributed by atoms with E-state index in [1.165, 1.54) is 70.6 Å². The van der Waals surface area contributed by atoms with Crippen LogP contribution in [0.1, 0.15) is 213 Å². The molecule has 0 aliphatic carbocycles. The highest BCUT2D eigenvalue weighted by Crippen LogP contribution is 2.16. The molecule has 3 atom stereocenters. The van der Waals surface area contributed by atoms with Crippen LogP contribution in [0.5, 0.6) is 0 Å². The van der Waals surface area contributed by atoms with Crippen molar-refractivity contribution >= 4 is 11.9 Å². The Kier molecular flexibility index (Phi) is 45.3. The SMILES string of the molecule is CC/C=C/C=C/C=C/C=C\CCCCCC(CC(=O)NC(CO)C(O)CCCCCCCCCCCC)OC(=O)CCCCC/C=C\C/C=C\C/C=C\C/C=C\CCCCC. The molecule has 6 heteroatoms. The van der Waals surface area contributed by atoms with Crippen LogP contribution in [0.25, 0.3) is 0 Å². The average Bonchev–Trinajstić information content (AvgIpc) is 3.25.